The average Bonchev–Trinajstić information content (AvgIpc) is 3.01. The normalized spacial score (nSPS) is 13.7. The summed E-state index contributed by atoms with van der Waals surface area (Å²) >= 11 is 0. The Morgan fingerprint density at radius 2 is 2.05 bits per heavy atom. The molecule has 1 N–H and O–H groups in total. The molecule has 0 aliphatic carbocycles. The van der Waals surface area contributed by atoms with Crippen LogP contribution in [0.15, 0.2) is 48.1 Å². The van der Waals surface area contributed by atoms with Gasteiger partial charge in [-0.2, -0.15) is 5.10 Å². The summed E-state index contributed by atoms with van der Waals surface area (Å²) in [6.07, 6.45) is 2.71. The van der Waals surface area contributed by atoms with E-state index in [2.05, 4.69) is 17.0 Å². The molecule has 1 aliphatic heterocycles. The van der Waals surface area contributed by atoms with Crippen LogP contribution in [0, 0.1) is 0 Å². The molecule has 1 heterocycles. The molecule has 0 aromatic heterocycles. The van der Waals surface area contributed by atoms with E-state index in [1.54, 1.807) is 6.08 Å². The van der Waals surface area contributed by atoms with Crippen molar-refractivity contribution in [2.24, 2.45) is 5.10 Å². The number of benzene rings is 1. The molecule has 1 aliphatic rings. The van der Waals surface area contributed by atoms with Crippen LogP contribution in [0.5, 0.6) is 0 Å². The summed E-state index contributed by atoms with van der Waals surface area (Å²) in [5.41, 5.74) is 1.96. The van der Waals surface area contributed by atoms with Crippen LogP contribution in [0.2, 0.25) is 0 Å². The topological polar surface area (TPSA) is 61.8 Å². The van der Waals surface area contributed by atoms with Crippen LogP contribution < -0.4 is 5.32 Å². The number of amides is 2. The van der Waals surface area contributed by atoms with Crippen molar-refractivity contribution < 1.29 is 9.59 Å². The Morgan fingerprint density at radius 1 is 1.29 bits per heavy atom. The minimum atomic E-state index is -0.144. The highest BCUT2D eigenvalue weighted by Crippen LogP contribution is 2.14. The third kappa shape index (κ3) is 4.27. The lowest BCUT2D eigenvalue weighted by Gasteiger charge is -2.10. The zero-order valence-corrected chi connectivity index (χ0v) is 11.9. The quantitative estimate of drug-likeness (QED) is 0.809. The Hall–Kier alpha value is -2.43. The summed E-state index contributed by atoms with van der Waals surface area (Å²) in [4.78, 5) is 23.5. The molecule has 5 heteroatoms. The fraction of sp³-hybridized carbons (Fsp3) is 0.312. The van der Waals surface area contributed by atoms with Gasteiger partial charge < -0.3 is 5.32 Å². The predicted molar refractivity (Wildman–Crippen MR) is 81.7 cm³/mol. The molecule has 0 bridgehead atoms. The summed E-state index contributed by atoms with van der Waals surface area (Å²) in [7, 11) is 0. The van der Waals surface area contributed by atoms with Gasteiger partial charge in [-0.25, -0.2) is 5.01 Å². The van der Waals surface area contributed by atoms with Gasteiger partial charge in [0.2, 0.25) is 11.8 Å². The lowest BCUT2D eigenvalue weighted by molar-refractivity contribution is -0.133. The van der Waals surface area contributed by atoms with Crippen LogP contribution in [0.25, 0.3) is 0 Å². The van der Waals surface area contributed by atoms with Gasteiger partial charge in [0.15, 0.2) is 0 Å². The zero-order chi connectivity index (χ0) is 15.1. The van der Waals surface area contributed by atoms with Gasteiger partial charge in [0.25, 0.3) is 0 Å². The molecule has 0 spiro atoms. The maximum Gasteiger partial charge on any atom is 0.243 e. The molecule has 0 radical (unpaired) electrons. The van der Waals surface area contributed by atoms with E-state index in [1.807, 2.05) is 30.3 Å². The first kappa shape index (κ1) is 15.0. The molecular weight excluding hydrogens is 266 g/mol. The Kier molecular flexibility index (Phi) is 5.26. The Morgan fingerprint density at radius 3 is 2.76 bits per heavy atom. The van der Waals surface area contributed by atoms with Gasteiger partial charge in [0.1, 0.15) is 0 Å². The second kappa shape index (κ2) is 7.38. The first-order valence-electron chi connectivity index (χ1n) is 7.01. The van der Waals surface area contributed by atoms with Crippen molar-refractivity contribution in [2.75, 3.05) is 13.1 Å². The number of carbonyl (C=O) groups excluding carboxylic acids is 2. The lowest BCUT2D eigenvalue weighted by Crippen LogP contribution is -2.27. The van der Waals surface area contributed by atoms with Gasteiger partial charge in [-0.3, -0.25) is 9.59 Å². The monoisotopic (exact) mass is 285 g/mol. The van der Waals surface area contributed by atoms with Crippen LogP contribution in [-0.2, 0) is 9.59 Å². The number of hydrogen-bond acceptors (Lipinski definition) is 3. The molecule has 1 aromatic carbocycles. The average molecular weight is 285 g/mol. The molecule has 0 fully saturated rings. The maximum absolute atomic E-state index is 12.0. The van der Waals surface area contributed by atoms with Crippen molar-refractivity contribution >= 4 is 17.5 Å². The highest BCUT2D eigenvalue weighted by Gasteiger charge is 2.21. The van der Waals surface area contributed by atoms with Gasteiger partial charge in [-0.1, -0.05) is 36.4 Å². The number of nitrogens with zero attached hydrogens (tertiary/aromatic N) is 2. The van der Waals surface area contributed by atoms with Gasteiger partial charge in [0, 0.05) is 25.8 Å². The van der Waals surface area contributed by atoms with Crippen molar-refractivity contribution in [1.82, 2.24) is 10.3 Å². The maximum atomic E-state index is 12.0. The summed E-state index contributed by atoms with van der Waals surface area (Å²) in [5.74, 6) is -0.260. The summed E-state index contributed by atoms with van der Waals surface area (Å²) in [5, 5.41) is 8.46. The molecular formula is C16H19N3O2. The highest BCUT2D eigenvalue weighted by molar-refractivity contribution is 6.02. The second-order valence-electron chi connectivity index (χ2n) is 4.77. The molecule has 1 aromatic rings. The lowest BCUT2D eigenvalue weighted by atomic mass is 10.1. The number of nitrogens with one attached hydrogen (secondary N) is 1. The number of carbonyl (C=O) groups is 2. The zero-order valence-electron chi connectivity index (χ0n) is 11.9. The third-order valence-electron chi connectivity index (χ3n) is 3.21. The van der Waals surface area contributed by atoms with Crippen LogP contribution in [0.1, 0.15) is 24.8 Å². The molecule has 21 heavy (non-hydrogen) atoms. The van der Waals surface area contributed by atoms with E-state index in [1.165, 1.54) is 5.01 Å². The van der Waals surface area contributed by atoms with Crippen molar-refractivity contribution in [3.8, 4) is 0 Å². The van der Waals surface area contributed by atoms with E-state index in [0.29, 0.717) is 13.1 Å². The van der Waals surface area contributed by atoms with Crippen molar-refractivity contribution in [3.63, 3.8) is 0 Å². The fourth-order valence-corrected chi connectivity index (χ4v) is 2.09. The molecule has 0 atom stereocenters. The van der Waals surface area contributed by atoms with E-state index in [0.717, 1.165) is 17.7 Å². The first-order chi connectivity index (χ1) is 10.2. The van der Waals surface area contributed by atoms with Crippen molar-refractivity contribution in [3.05, 3.63) is 48.6 Å². The summed E-state index contributed by atoms with van der Waals surface area (Å²) in [6, 6.07) is 9.81. The van der Waals surface area contributed by atoms with Gasteiger partial charge >= 0.3 is 0 Å². The Labute approximate surface area is 124 Å². The summed E-state index contributed by atoms with van der Waals surface area (Å²) in [6.45, 7) is 4.52. The standard InChI is InChI=1S/C16H19N3O2/c1-2-11-17-15(20)8-9-16(21)19-12-10-14(18-19)13-6-4-3-5-7-13/h2-7H,1,8-12H2,(H,17,20). The number of hydrazone groups is 1. The van der Waals surface area contributed by atoms with Crippen LogP contribution in [0.4, 0.5) is 0 Å². The molecule has 0 unspecified atom stereocenters. The Bertz CT molecular complexity index is 552. The van der Waals surface area contributed by atoms with E-state index in [9.17, 15) is 9.59 Å². The molecule has 2 amide bonds. The first-order valence-corrected chi connectivity index (χ1v) is 7.01. The summed E-state index contributed by atoms with van der Waals surface area (Å²) < 4.78 is 0. The predicted octanol–water partition coefficient (Wildman–Crippen LogP) is 1.71. The van der Waals surface area contributed by atoms with E-state index >= 15 is 0 Å². The van der Waals surface area contributed by atoms with Crippen LogP contribution in [0.3, 0.4) is 0 Å². The van der Waals surface area contributed by atoms with E-state index in [4.69, 9.17) is 0 Å². The molecule has 0 saturated heterocycles. The van der Waals surface area contributed by atoms with Gasteiger partial charge in [0.05, 0.1) is 12.3 Å². The van der Waals surface area contributed by atoms with Crippen molar-refractivity contribution in [1.29, 1.82) is 0 Å². The van der Waals surface area contributed by atoms with Gasteiger partial charge in [-0.15, -0.1) is 6.58 Å². The van der Waals surface area contributed by atoms with Crippen LogP contribution in [-0.4, -0.2) is 35.6 Å². The van der Waals surface area contributed by atoms with E-state index < -0.39 is 0 Å². The Balaban J connectivity index is 1.86. The number of hydrogen-bond donors (Lipinski definition) is 1. The highest BCUT2D eigenvalue weighted by atomic mass is 16.2. The minimum Gasteiger partial charge on any atom is -0.353 e. The third-order valence-corrected chi connectivity index (χ3v) is 3.21. The van der Waals surface area contributed by atoms with E-state index in [-0.39, 0.29) is 24.7 Å². The second-order valence-corrected chi connectivity index (χ2v) is 4.77. The molecule has 110 valence electrons. The minimum absolute atomic E-state index is 0.116. The molecule has 5 nitrogen and oxygen atoms in total. The number of rotatable bonds is 6. The van der Waals surface area contributed by atoms with Gasteiger partial charge in [-0.05, 0) is 5.56 Å². The van der Waals surface area contributed by atoms with Crippen LogP contribution >= 0.6 is 0 Å². The van der Waals surface area contributed by atoms with Crippen molar-refractivity contribution in [2.45, 2.75) is 19.3 Å². The fourth-order valence-electron chi connectivity index (χ4n) is 2.09. The molecule has 0 saturated carbocycles. The smallest absolute Gasteiger partial charge is 0.243 e. The molecule has 2 rings (SSSR count). The largest absolute Gasteiger partial charge is 0.353 e. The SMILES string of the molecule is C=CCNC(=O)CCC(=O)N1CCC(c2ccccc2)=N1.